The molecule has 2 aromatic carbocycles. The van der Waals surface area contributed by atoms with Crippen LogP contribution < -0.4 is 11.1 Å². The molecule has 3 aromatic rings. The molecular weight excluding hydrogens is 416 g/mol. The number of nitrogens with one attached hydrogen (secondary N) is 1. The second-order valence-electron chi connectivity index (χ2n) is 6.53. The summed E-state index contributed by atoms with van der Waals surface area (Å²) in [6.07, 6.45) is 0.738. The number of benzene rings is 2. The fraction of sp³-hybridized carbons (Fsp3) is 0.190. The Morgan fingerprint density at radius 3 is 2.43 bits per heavy atom. The zero-order valence-electron chi connectivity index (χ0n) is 16.3. The molecular formula is C21H20N6OS2. The number of carbonyl (C=O) groups excluding carboxylic acids is 1. The summed E-state index contributed by atoms with van der Waals surface area (Å²) in [5, 5.41) is 11.1. The van der Waals surface area contributed by atoms with E-state index in [-0.39, 0.29) is 17.6 Å². The summed E-state index contributed by atoms with van der Waals surface area (Å²) in [6, 6.07) is 17.7. The van der Waals surface area contributed by atoms with Gasteiger partial charge in [0.2, 0.25) is 11.0 Å². The molecule has 1 atom stereocenters. The predicted molar refractivity (Wildman–Crippen MR) is 123 cm³/mol. The highest BCUT2D eigenvalue weighted by Gasteiger charge is 2.27. The lowest BCUT2D eigenvalue weighted by molar-refractivity contribution is -0.117. The van der Waals surface area contributed by atoms with Gasteiger partial charge in [0.25, 0.3) is 0 Å². The van der Waals surface area contributed by atoms with E-state index in [0.29, 0.717) is 15.3 Å². The molecule has 30 heavy (non-hydrogen) atoms. The van der Waals surface area contributed by atoms with Crippen molar-refractivity contribution < 1.29 is 4.79 Å². The molecule has 0 radical (unpaired) electrons. The molecule has 0 saturated heterocycles. The fourth-order valence-corrected chi connectivity index (χ4v) is 4.62. The van der Waals surface area contributed by atoms with E-state index in [0.717, 1.165) is 29.1 Å². The highest BCUT2D eigenvalue weighted by molar-refractivity contribution is 8.01. The Morgan fingerprint density at radius 2 is 1.77 bits per heavy atom. The van der Waals surface area contributed by atoms with Gasteiger partial charge in [0, 0.05) is 5.71 Å². The largest absolute Gasteiger partial charge is 0.374 e. The van der Waals surface area contributed by atoms with Crippen LogP contribution in [0.3, 0.4) is 0 Å². The van der Waals surface area contributed by atoms with Crippen molar-refractivity contribution >= 4 is 57.1 Å². The van der Waals surface area contributed by atoms with Crippen LogP contribution in [0.5, 0.6) is 0 Å². The van der Waals surface area contributed by atoms with E-state index in [9.17, 15) is 4.79 Å². The maximum atomic E-state index is 12.8. The Labute approximate surface area is 182 Å². The number of hydrogen-bond donors (Lipinski definition) is 2. The molecule has 1 aromatic heterocycles. The van der Waals surface area contributed by atoms with E-state index in [4.69, 9.17) is 15.7 Å². The molecule has 0 fully saturated rings. The number of amides is 1. The highest BCUT2D eigenvalue weighted by atomic mass is 32.2. The molecule has 3 N–H and O–H groups in total. The van der Waals surface area contributed by atoms with Crippen molar-refractivity contribution in [3.05, 3.63) is 60.2 Å². The van der Waals surface area contributed by atoms with Crippen molar-refractivity contribution in [3.63, 3.8) is 0 Å². The SMILES string of the molecule is CCC1=Nc2ccccc2N=C(NC(=O)CSc2nnc(N)s2)[C@H]1c1ccccc1. The molecule has 152 valence electrons. The number of aromatic nitrogens is 2. The molecule has 0 unspecified atom stereocenters. The van der Waals surface area contributed by atoms with Gasteiger partial charge in [-0.3, -0.25) is 9.79 Å². The average Bonchev–Trinajstić information content (AvgIpc) is 3.11. The quantitative estimate of drug-likeness (QED) is 0.579. The van der Waals surface area contributed by atoms with Gasteiger partial charge in [-0.2, -0.15) is 0 Å². The number of aliphatic imine (C=N–C) groups is 2. The first kappa shape index (κ1) is 20.2. The van der Waals surface area contributed by atoms with E-state index in [1.807, 2.05) is 54.6 Å². The topological polar surface area (TPSA) is 106 Å². The van der Waals surface area contributed by atoms with Gasteiger partial charge in [-0.1, -0.05) is 72.5 Å². The maximum Gasteiger partial charge on any atom is 0.235 e. The normalized spacial score (nSPS) is 15.6. The number of nitrogens with zero attached hydrogens (tertiary/aromatic N) is 4. The average molecular weight is 437 g/mol. The lowest BCUT2D eigenvalue weighted by atomic mass is 9.91. The number of rotatable bonds is 5. The summed E-state index contributed by atoms with van der Waals surface area (Å²) >= 11 is 2.56. The molecule has 7 nitrogen and oxygen atoms in total. The molecule has 1 aliphatic rings. The molecule has 0 bridgehead atoms. The van der Waals surface area contributed by atoms with Crippen molar-refractivity contribution in [1.82, 2.24) is 15.5 Å². The molecule has 4 rings (SSSR count). The van der Waals surface area contributed by atoms with E-state index in [1.165, 1.54) is 23.1 Å². The summed E-state index contributed by atoms with van der Waals surface area (Å²) in [5.41, 5.74) is 9.14. The zero-order chi connectivity index (χ0) is 20.9. The minimum Gasteiger partial charge on any atom is -0.374 e. The summed E-state index contributed by atoms with van der Waals surface area (Å²) in [5.74, 6) is 0.377. The van der Waals surface area contributed by atoms with Gasteiger partial charge < -0.3 is 11.1 Å². The smallest absolute Gasteiger partial charge is 0.235 e. The van der Waals surface area contributed by atoms with Crippen molar-refractivity contribution in [1.29, 1.82) is 0 Å². The molecule has 0 aliphatic carbocycles. The second kappa shape index (κ2) is 9.19. The number of amidine groups is 1. The third-order valence-electron chi connectivity index (χ3n) is 4.50. The van der Waals surface area contributed by atoms with Crippen molar-refractivity contribution in [3.8, 4) is 0 Å². The zero-order valence-corrected chi connectivity index (χ0v) is 17.9. The van der Waals surface area contributed by atoms with E-state index >= 15 is 0 Å². The Hall–Kier alpha value is -3.04. The molecule has 1 aliphatic heterocycles. The predicted octanol–water partition coefficient (Wildman–Crippen LogP) is 4.34. The Bertz CT molecular complexity index is 1110. The number of para-hydroxylation sites is 2. The summed E-state index contributed by atoms with van der Waals surface area (Å²) in [7, 11) is 0. The van der Waals surface area contributed by atoms with Crippen LogP contribution in [-0.4, -0.2) is 33.4 Å². The summed E-state index contributed by atoms with van der Waals surface area (Å²) < 4.78 is 0.659. The van der Waals surface area contributed by atoms with Crippen LogP contribution in [0.2, 0.25) is 0 Å². The second-order valence-corrected chi connectivity index (χ2v) is 8.76. The van der Waals surface area contributed by atoms with Gasteiger partial charge in [0.15, 0.2) is 4.34 Å². The third-order valence-corrected chi connectivity index (χ3v) is 6.39. The van der Waals surface area contributed by atoms with Gasteiger partial charge in [-0.05, 0) is 24.1 Å². The van der Waals surface area contributed by atoms with Crippen LogP contribution >= 0.6 is 23.1 Å². The van der Waals surface area contributed by atoms with Gasteiger partial charge in [0.05, 0.1) is 23.0 Å². The molecule has 0 saturated carbocycles. The van der Waals surface area contributed by atoms with Crippen LogP contribution in [0.15, 0.2) is 68.9 Å². The van der Waals surface area contributed by atoms with Crippen LogP contribution in [-0.2, 0) is 4.79 Å². The number of hydrogen-bond acceptors (Lipinski definition) is 8. The minimum atomic E-state index is -0.227. The number of anilines is 1. The van der Waals surface area contributed by atoms with Crippen LogP contribution in [0, 0.1) is 0 Å². The van der Waals surface area contributed by atoms with Crippen LogP contribution in [0.25, 0.3) is 0 Å². The van der Waals surface area contributed by atoms with E-state index < -0.39 is 0 Å². The monoisotopic (exact) mass is 436 g/mol. The van der Waals surface area contributed by atoms with Crippen LogP contribution in [0.1, 0.15) is 24.8 Å². The molecule has 1 amide bonds. The van der Waals surface area contributed by atoms with Gasteiger partial charge in [-0.25, -0.2) is 4.99 Å². The highest BCUT2D eigenvalue weighted by Crippen LogP contribution is 2.35. The summed E-state index contributed by atoms with van der Waals surface area (Å²) in [4.78, 5) is 22.5. The van der Waals surface area contributed by atoms with Gasteiger partial charge in [-0.15, -0.1) is 10.2 Å². The molecule has 9 heteroatoms. The van der Waals surface area contributed by atoms with Gasteiger partial charge in [0.1, 0.15) is 5.84 Å². The first-order valence-corrected chi connectivity index (χ1v) is 11.3. The fourth-order valence-electron chi connectivity index (χ4n) is 3.19. The number of nitrogens with two attached hydrogens (primary N) is 1. The van der Waals surface area contributed by atoms with Crippen molar-refractivity contribution in [2.75, 3.05) is 11.5 Å². The van der Waals surface area contributed by atoms with E-state index in [2.05, 4.69) is 22.4 Å². The first-order valence-electron chi connectivity index (χ1n) is 9.45. The Balaban J connectivity index is 1.65. The summed E-state index contributed by atoms with van der Waals surface area (Å²) in [6.45, 7) is 2.07. The van der Waals surface area contributed by atoms with Gasteiger partial charge >= 0.3 is 0 Å². The number of fused-ring (bicyclic) bond motifs is 1. The maximum absolute atomic E-state index is 12.8. The lowest BCUT2D eigenvalue weighted by Gasteiger charge is -2.20. The molecule has 2 heterocycles. The number of thioether (sulfide) groups is 1. The standard InChI is InChI=1S/C21H20N6OS2/c1-2-14-18(13-8-4-3-5-9-13)19(24-16-11-7-6-10-15(16)23-14)25-17(28)12-29-21-27-26-20(22)30-21/h3-11,18H,2,12H2,1H3,(H2,22,26)(H,24,25,28)/t18-/m0/s1. The van der Waals surface area contributed by atoms with Crippen molar-refractivity contribution in [2.24, 2.45) is 9.98 Å². The Kier molecular flexibility index (Phi) is 6.20. The third kappa shape index (κ3) is 4.58. The number of nitrogen functional groups attached to an aromatic ring is 1. The number of carbonyl (C=O) groups is 1. The first-order chi connectivity index (χ1) is 14.6. The lowest BCUT2D eigenvalue weighted by Crippen LogP contribution is -2.38. The Morgan fingerprint density at radius 1 is 1.07 bits per heavy atom. The molecule has 0 spiro atoms. The van der Waals surface area contributed by atoms with E-state index in [1.54, 1.807) is 0 Å². The van der Waals surface area contributed by atoms with Crippen molar-refractivity contribution in [2.45, 2.75) is 23.6 Å². The van der Waals surface area contributed by atoms with Crippen LogP contribution in [0.4, 0.5) is 16.5 Å². The minimum absolute atomic E-state index is 0.164.